The Morgan fingerprint density at radius 3 is 2.71 bits per heavy atom. The highest BCUT2D eigenvalue weighted by atomic mass is 16.5. The van der Waals surface area contributed by atoms with Crippen molar-refractivity contribution in [2.24, 2.45) is 0 Å². The van der Waals surface area contributed by atoms with Gasteiger partial charge in [0.15, 0.2) is 6.61 Å². The highest BCUT2D eigenvalue weighted by molar-refractivity contribution is 5.94. The topological polar surface area (TPSA) is 77.5 Å². The van der Waals surface area contributed by atoms with E-state index in [1.807, 2.05) is 31.2 Å². The number of pyridine rings is 1. The summed E-state index contributed by atoms with van der Waals surface area (Å²) in [5.74, 6) is 0.152. The Kier molecular flexibility index (Phi) is 6.31. The van der Waals surface area contributed by atoms with Crippen LogP contribution in [-0.2, 0) is 16.0 Å². The molecule has 0 saturated carbocycles. The quantitative estimate of drug-likeness (QED) is 0.791. The van der Waals surface area contributed by atoms with E-state index in [9.17, 15) is 9.59 Å². The lowest BCUT2D eigenvalue weighted by Gasteiger charge is -2.10. The van der Waals surface area contributed by atoms with E-state index in [1.54, 1.807) is 6.92 Å². The summed E-state index contributed by atoms with van der Waals surface area (Å²) in [6.45, 7) is 3.90. The number of para-hydroxylation sites is 1. The molecular formula is C18H20N2O4. The first kappa shape index (κ1) is 17.5. The number of rotatable bonds is 7. The molecule has 0 bridgehead atoms. The van der Waals surface area contributed by atoms with E-state index in [4.69, 9.17) is 9.47 Å². The molecule has 2 rings (SSSR count). The molecule has 0 unspecified atom stereocenters. The molecule has 1 amide bonds. The van der Waals surface area contributed by atoms with E-state index in [0.717, 1.165) is 12.0 Å². The number of aromatic nitrogens is 1. The van der Waals surface area contributed by atoms with E-state index in [-0.39, 0.29) is 24.9 Å². The van der Waals surface area contributed by atoms with Gasteiger partial charge in [0.1, 0.15) is 11.6 Å². The van der Waals surface area contributed by atoms with Crippen molar-refractivity contribution in [2.45, 2.75) is 20.3 Å². The molecule has 0 aliphatic carbocycles. The van der Waals surface area contributed by atoms with Gasteiger partial charge in [-0.1, -0.05) is 25.1 Å². The molecule has 1 heterocycles. The van der Waals surface area contributed by atoms with E-state index in [0.29, 0.717) is 11.3 Å². The lowest BCUT2D eigenvalue weighted by atomic mass is 10.1. The third kappa shape index (κ3) is 4.81. The number of anilines is 1. The first-order valence-corrected chi connectivity index (χ1v) is 7.77. The van der Waals surface area contributed by atoms with Crippen molar-refractivity contribution < 1.29 is 19.1 Å². The predicted octanol–water partition coefficient (Wildman–Crippen LogP) is 2.84. The summed E-state index contributed by atoms with van der Waals surface area (Å²) in [5.41, 5.74) is 1.37. The van der Waals surface area contributed by atoms with Gasteiger partial charge in [-0.05, 0) is 37.1 Å². The van der Waals surface area contributed by atoms with Gasteiger partial charge in [-0.25, -0.2) is 9.78 Å². The van der Waals surface area contributed by atoms with Crippen molar-refractivity contribution in [1.29, 1.82) is 0 Å². The molecule has 0 aliphatic heterocycles. The van der Waals surface area contributed by atoms with Crippen molar-refractivity contribution in [3.05, 3.63) is 53.7 Å². The lowest BCUT2D eigenvalue weighted by Crippen LogP contribution is -2.21. The second-order valence-corrected chi connectivity index (χ2v) is 4.95. The fourth-order valence-corrected chi connectivity index (χ4v) is 2.10. The second-order valence-electron chi connectivity index (χ2n) is 4.95. The van der Waals surface area contributed by atoms with Crippen LogP contribution < -0.4 is 10.1 Å². The minimum Gasteiger partial charge on any atom is -0.483 e. The van der Waals surface area contributed by atoms with Gasteiger partial charge in [-0.3, -0.25) is 4.79 Å². The fraction of sp³-hybridized carbons (Fsp3) is 0.278. The summed E-state index contributed by atoms with van der Waals surface area (Å²) < 4.78 is 10.5. The molecule has 1 aromatic carbocycles. The Bertz CT molecular complexity index is 716. The smallest absolute Gasteiger partial charge is 0.338 e. The van der Waals surface area contributed by atoms with Crippen LogP contribution in [0.25, 0.3) is 0 Å². The van der Waals surface area contributed by atoms with Gasteiger partial charge in [0.2, 0.25) is 0 Å². The summed E-state index contributed by atoms with van der Waals surface area (Å²) in [4.78, 5) is 27.7. The molecule has 1 N–H and O–H groups in total. The first-order valence-electron chi connectivity index (χ1n) is 7.77. The van der Waals surface area contributed by atoms with Gasteiger partial charge in [0, 0.05) is 6.20 Å². The molecular weight excluding hydrogens is 308 g/mol. The van der Waals surface area contributed by atoms with E-state index < -0.39 is 5.97 Å². The largest absolute Gasteiger partial charge is 0.483 e. The van der Waals surface area contributed by atoms with Crippen molar-refractivity contribution in [3.63, 3.8) is 0 Å². The normalized spacial score (nSPS) is 10.1. The van der Waals surface area contributed by atoms with Crippen LogP contribution in [0, 0.1) is 0 Å². The van der Waals surface area contributed by atoms with Gasteiger partial charge >= 0.3 is 5.97 Å². The molecule has 6 heteroatoms. The van der Waals surface area contributed by atoms with Crippen LogP contribution in [0.2, 0.25) is 0 Å². The molecule has 0 aliphatic rings. The number of amides is 1. The maximum Gasteiger partial charge on any atom is 0.338 e. The Hall–Kier alpha value is -2.89. The number of hydrogen-bond acceptors (Lipinski definition) is 5. The molecule has 2 aromatic rings. The summed E-state index contributed by atoms with van der Waals surface area (Å²) >= 11 is 0. The minimum absolute atomic E-state index is 0.137. The highest BCUT2D eigenvalue weighted by Gasteiger charge is 2.10. The average Bonchev–Trinajstić information content (AvgIpc) is 2.60. The van der Waals surface area contributed by atoms with Crippen LogP contribution in [0.4, 0.5) is 5.82 Å². The van der Waals surface area contributed by atoms with Crippen LogP contribution in [0.1, 0.15) is 29.8 Å². The van der Waals surface area contributed by atoms with Crippen molar-refractivity contribution in [3.8, 4) is 5.75 Å². The minimum atomic E-state index is -0.455. The second kappa shape index (κ2) is 8.67. The summed E-state index contributed by atoms with van der Waals surface area (Å²) in [7, 11) is 0. The number of benzene rings is 1. The number of hydrogen-bond donors (Lipinski definition) is 1. The summed E-state index contributed by atoms with van der Waals surface area (Å²) in [6, 6.07) is 10.6. The van der Waals surface area contributed by atoms with Crippen LogP contribution in [0.5, 0.6) is 5.75 Å². The fourth-order valence-electron chi connectivity index (χ4n) is 2.10. The number of carbonyl (C=O) groups excluding carboxylic acids is 2. The Morgan fingerprint density at radius 2 is 1.96 bits per heavy atom. The maximum absolute atomic E-state index is 12.0. The van der Waals surface area contributed by atoms with E-state index in [2.05, 4.69) is 10.3 Å². The highest BCUT2D eigenvalue weighted by Crippen LogP contribution is 2.18. The SMILES string of the molecule is CCOC(=O)c1ccnc(NC(=O)COc2ccccc2CC)c1. The van der Waals surface area contributed by atoms with Crippen LogP contribution >= 0.6 is 0 Å². The zero-order valence-electron chi connectivity index (χ0n) is 13.7. The molecule has 126 valence electrons. The van der Waals surface area contributed by atoms with Crippen LogP contribution in [0.3, 0.4) is 0 Å². The number of esters is 1. The monoisotopic (exact) mass is 328 g/mol. The molecule has 0 atom stereocenters. The Morgan fingerprint density at radius 1 is 1.17 bits per heavy atom. The van der Waals surface area contributed by atoms with Gasteiger partial charge in [-0.15, -0.1) is 0 Å². The molecule has 0 saturated heterocycles. The van der Waals surface area contributed by atoms with Crippen molar-refractivity contribution in [2.75, 3.05) is 18.5 Å². The zero-order chi connectivity index (χ0) is 17.4. The Balaban J connectivity index is 1.95. The maximum atomic E-state index is 12.0. The lowest BCUT2D eigenvalue weighted by molar-refractivity contribution is -0.118. The third-order valence-electron chi connectivity index (χ3n) is 3.25. The molecule has 0 fully saturated rings. The van der Waals surface area contributed by atoms with Gasteiger partial charge in [-0.2, -0.15) is 0 Å². The number of nitrogens with one attached hydrogen (secondary N) is 1. The molecule has 0 spiro atoms. The van der Waals surface area contributed by atoms with E-state index >= 15 is 0 Å². The van der Waals surface area contributed by atoms with Crippen molar-refractivity contribution in [1.82, 2.24) is 4.98 Å². The molecule has 6 nitrogen and oxygen atoms in total. The average molecular weight is 328 g/mol. The van der Waals surface area contributed by atoms with Crippen LogP contribution in [-0.4, -0.2) is 30.1 Å². The molecule has 24 heavy (non-hydrogen) atoms. The Labute approximate surface area is 140 Å². The standard InChI is InChI=1S/C18H20N2O4/c1-3-13-7-5-6-8-15(13)24-12-17(21)20-16-11-14(9-10-19-16)18(22)23-4-2/h5-11H,3-4,12H2,1-2H3,(H,19,20,21). The number of aryl methyl sites for hydroxylation is 1. The summed E-state index contributed by atoms with van der Waals surface area (Å²) in [6.07, 6.45) is 2.26. The molecule has 1 aromatic heterocycles. The van der Waals surface area contributed by atoms with E-state index in [1.165, 1.54) is 18.3 Å². The third-order valence-corrected chi connectivity index (χ3v) is 3.25. The zero-order valence-corrected chi connectivity index (χ0v) is 13.7. The number of nitrogens with zero attached hydrogens (tertiary/aromatic N) is 1. The summed E-state index contributed by atoms with van der Waals surface area (Å²) in [5, 5.41) is 2.60. The van der Waals surface area contributed by atoms with Crippen molar-refractivity contribution >= 4 is 17.7 Å². The molecule has 0 radical (unpaired) electrons. The first-order chi connectivity index (χ1) is 11.6. The predicted molar refractivity (Wildman–Crippen MR) is 90.1 cm³/mol. The van der Waals surface area contributed by atoms with Gasteiger partial charge < -0.3 is 14.8 Å². The number of ether oxygens (including phenoxy) is 2. The van der Waals surface area contributed by atoms with Gasteiger partial charge in [0.05, 0.1) is 12.2 Å². The van der Waals surface area contributed by atoms with Gasteiger partial charge in [0.25, 0.3) is 5.91 Å². The van der Waals surface area contributed by atoms with Crippen LogP contribution in [0.15, 0.2) is 42.6 Å². The number of carbonyl (C=O) groups is 2.